The second-order valence-corrected chi connectivity index (χ2v) is 5.87. The molecule has 1 aliphatic carbocycles. The number of carbonyl (C=O) groups excluding carboxylic acids is 1. The zero-order valence-electron chi connectivity index (χ0n) is 12.8. The van der Waals surface area contributed by atoms with Gasteiger partial charge in [-0.15, -0.1) is 0 Å². The summed E-state index contributed by atoms with van der Waals surface area (Å²) in [7, 11) is 0. The third kappa shape index (κ3) is 3.42. The number of anilines is 1. The molecule has 0 unspecified atom stereocenters. The van der Waals surface area contributed by atoms with Crippen molar-refractivity contribution in [2.24, 2.45) is 0 Å². The van der Waals surface area contributed by atoms with Gasteiger partial charge in [0.05, 0.1) is 0 Å². The van der Waals surface area contributed by atoms with Gasteiger partial charge in [0.2, 0.25) is 0 Å². The Morgan fingerprint density at radius 1 is 1.00 bits per heavy atom. The molecule has 118 valence electrons. The van der Waals surface area contributed by atoms with Crippen molar-refractivity contribution in [3.05, 3.63) is 65.7 Å². The van der Waals surface area contributed by atoms with E-state index in [1.807, 2.05) is 18.2 Å². The highest BCUT2D eigenvalue weighted by atomic mass is 16.4. The van der Waals surface area contributed by atoms with Gasteiger partial charge in [-0.1, -0.05) is 36.8 Å². The van der Waals surface area contributed by atoms with Gasteiger partial charge >= 0.3 is 5.97 Å². The maximum absolute atomic E-state index is 12.7. The third-order valence-electron chi connectivity index (χ3n) is 4.34. The minimum atomic E-state index is -1.03. The van der Waals surface area contributed by atoms with Gasteiger partial charge in [0.25, 0.3) is 5.91 Å². The van der Waals surface area contributed by atoms with Crippen LogP contribution < -0.4 is 4.90 Å². The fourth-order valence-electron chi connectivity index (χ4n) is 2.82. The molecule has 1 fully saturated rings. The second-order valence-electron chi connectivity index (χ2n) is 5.87. The lowest BCUT2D eigenvalue weighted by atomic mass is 9.80. The van der Waals surface area contributed by atoms with Gasteiger partial charge in [0, 0.05) is 11.3 Å². The summed E-state index contributed by atoms with van der Waals surface area (Å²) in [6.07, 6.45) is 3.69. The number of carbonyl (C=O) groups is 2. The number of para-hydroxylation sites is 1. The summed E-state index contributed by atoms with van der Waals surface area (Å²) in [5.74, 6) is -0.713. The lowest BCUT2D eigenvalue weighted by Crippen LogP contribution is -2.35. The fourth-order valence-corrected chi connectivity index (χ4v) is 2.82. The van der Waals surface area contributed by atoms with E-state index in [1.54, 1.807) is 36.4 Å². The van der Waals surface area contributed by atoms with E-state index in [0.717, 1.165) is 0 Å². The van der Waals surface area contributed by atoms with Crippen LogP contribution in [-0.2, 0) is 4.79 Å². The van der Waals surface area contributed by atoms with Crippen LogP contribution in [0.2, 0.25) is 0 Å². The first-order chi connectivity index (χ1) is 11.1. The Bertz CT molecular complexity index is 690. The second kappa shape index (κ2) is 6.65. The molecule has 23 heavy (non-hydrogen) atoms. The molecule has 1 N–H and O–H groups in total. The number of carboxylic acid groups (broad SMARTS) is 1. The van der Waals surface area contributed by atoms with Crippen LogP contribution in [0.1, 0.15) is 41.1 Å². The third-order valence-corrected chi connectivity index (χ3v) is 4.34. The van der Waals surface area contributed by atoms with Crippen molar-refractivity contribution >= 4 is 17.6 Å². The summed E-state index contributed by atoms with van der Waals surface area (Å²) >= 11 is 0. The Balaban J connectivity index is 1.83. The normalized spacial score (nSPS) is 14.1. The van der Waals surface area contributed by atoms with E-state index in [0.29, 0.717) is 17.2 Å². The highest BCUT2D eigenvalue weighted by molar-refractivity contribution is 6.08. The van der Waals surface area contributed by atoms with Crippen LogP contribution >= 0.6 is 0 Å². The van der Waals surface area contributed by atoms with Gasteiger partial charge in [-0.2, -0.15) is 0 Å². The first-order valence-corrected chi connectivity index (χ1v) is 7.84. The van der Waals surface area contributed by atoms with Crippen LogP contribution in [-0.4, -0.2) is 23.5 Å². The molecule has 3 rings (SSSR count). The van der Waals surface area contributed by atoms with E-state index < -0.39 is 5.97 Å². The van der Waals surface area contributed by atoms with Crippen molar-refractivity contribution in [2.45, 2.75) is 25.2 Å². The van der Waals surface area contributed by atoms with Crippen LogP contribution in [0.25, 0.3) is 0 Å². The fraction of sp³-hybridized carbons (Fsp3) is 0.263. The Labute approximate surface area is 135 Å². The van der Waals surface area contributed by atoms with Crippen LogP contribution in [0.15, 0.2) is 54.6 Å². The number of nitrogens with zero attached hydrogens (tertiary/aromatic N) is 1. The molecule has 0 atom stereocenters. The van der Waals surface area contributed by atoms with Crippen LogP contribution in [0, 0.1) is 0 Å². The Kier molecular flexibility index (Phi) is 4.42. The molecule has 0 aliphatic heterocycles. The van der Waals surface area contributed by atoms with Gasteiger partial charge in [0.1, 0.15) is 6.54 Å². The van der Waals surface area contributed by atoms with E-state index in [-0.39, 0.29) is 12.5 Å². The van der Waals surface area contributed by atoms with E-state index in [9.17, 15) is 9.59 Å². The molecule has 2 aromatic rings. The van der Waals surface area contributed by atoms with E-state index in [1.165, 1.54) is 29.7 Å². The standard InChI is InChI=1S/C19H19NO3/c21-18(22)13-20(17-7-2-1-3-8-17)19(23)16-11-9-15(10-12-16)14-5-4-6-14/h1-3,7-12,14H,4-6,13H2,(H,21,22). The summed E-state index contributed by atoms with van der Waals surface area (Å²) in [6, 6.07) is 16.5. The molecule has 4 nitrogen and oxygen atoms in total. The maximum Gasteiger partial charge on any atom is 0.323 e. The Morgan fingerprint density at radius 3 is 2.17 bits per heavy atom. The lowest BCUT2D eigenvalue weighted by molar-refractivity contribution is -0.135. The monoisotopic (exact) mass is 309 g/mol. The van der Waals surface area contributed by atoms with Gasteiger partial charge < -0.3 is 5.11 Å². The summed E-state index contributed by atoms with van der Waals surface area (Å²) in [5, 5.41) is 9.10. The van der Waals surface area contributed by atoms with Gasteiger partial charge in [0.15, 0.2) is 0 Å². The first-order valence-electron chi connectivity index (χ1n) is 7.84. The average molecular weight is 309 g/mol. The molecule has 1 amide bonds. The molecule has 0 saturated heterocycles. The molecule has 2 aromatic carbocycles. The van der Waals surface area contributed by atoms with Crippen molar-refractivity contribution < 1.29 is 14.7 Å². The number of aliphatic carboxylic acids is 1. The smallest absolute Gasteiger partial charge is 0.323 e. The number of hydrogen-bond acceptors (Lipinski definition) is 2. The van der Waals surface area contributed by atoms with E-state index in [4.69, 9.17) is 5.11 Å². The van der Waals surface area contributed by atoms with Crippen molar-refractivity contribution in [2.75, 3.05) is 11.4 Å². The summed E-state index contributed by atoms with van der Waals surface area (Å²) < 4.78 is 0. The quantitative estimate of drug-likeness (QED) is 0.916. The summed E-state index contributed by atoms with van der Waals surface area (Å²) in [5.41, 5.74) is 2.36. The van der Waals surface area contributed by atoms with Crippen molar-refractivity contribution in [3.8, 4) is 0 Å². The zero-order chi connectivity index (χ0) is 16.2. The van der Waals surface area contributed by atoms with Crippen molar-refractivity contribution in [1.29, 1.82) is 0 Å². The summed E-state index contributed by atoms with van der Waals surface area (Å²) in [6.45, 7) is -0.354. The zero-order valence-corrected chi connectivity index (χ0v) is 12.8. The van der Waals surface area contributed by atoms with Gasteiger partial charge in [-0.25, -0.2) is 0 Å². The van der Waals surface area contributed by atoms with Crippen LogP contribution in [0.3, 0.4) is 0 Å². The first kappa shape index (κ1) is 15.3. The minimum absolute atomic E-state index is 0.293. The maximum atomic E-state index is 12.7. The topological polar surface area (TPSA) is 57.6 Å². The van der Waals surface area contributed by atoms with Crippen LogP contribution in [0.4, 0.5) is 5.69 Å². The Morgan fingerprint density at radius 2 is 1.65 bits per heavy atom. The highest BCUT2D eigenvalue weighted by Gasteiger charge is 2.22. The number of carboxylic acids is 1. The lowest BCUT2D eigenvalue weighted by Gasteiger charge is -2.26. The number of amides is 1. The summed E-state index contributed by atoms with van der Waals surface area (Å²) in [4.78, 5) is 25.1. The van der Waals surface area contributed by atoms with Crippen molar-refractivity contribution in [3.63, 3.8) is 0 Å². The number of hydrogen-bond donors (Lipinski definition) is 1. The van der Waals surface area contributed by atoms with Gasteiger partial charge in [-0.3, -0.25) is 14.5 Å². The molecule has 0 heterocycles. The van der Waals surface area contributed by atoms with E-state index >= 15 is 0 Å². The molecule has 1 aliphatic rings. The molecular formula is C19H19NO3. The molecule has 1 saturated carbocycles. The molecule has 4 heteroatoms. The van der Waals surface area contributed by atoms with Crippen LogP contribution in [0.5, 0.6) is 0 Å². The van der Waals surface area contributed by atoms with Gasteiger partial charge in [-0.05, 0) is 48.6 Å². The predicted molar refractivity (Wildman–Crippen MR) is 88.8 cm³/mol. The largest absolute Gasteiger partial charge is 0.480 e. The molecular weight excluding hydrogens is 290 g/mol. The molecule has 0 aromatic heterocycles. The predicted octanol–water partition coefficient (Wildman–Crippen LogP) is 3.69. The number of rotatable bonds is 5. The van der Waals surface area contributed by atoms with E-state index in [2.05, 4.69) is 0 Å². The molecule has 0 radical (unpaired) electrons. The van der Waals surface area contributed by atoms with Crippen molar-refractivity contribution in [1.82, 2.24) is 0 Å². The SMILES string of the molecule is O=C(O)CN(C(=O)c1ccc(C2CCC2)cc1)c1ccccc1. The number of benzene rings is 2. The minimum Gasteiger partial charge on any atom is -0.480 e. The molecule has 0 spiro atoms. The average Bonchev–Trinajstić information content (AvgIpc) is 2.52. The Hall–Kier alpha value is -2.62. The molecule has 0 bridgehead atoms. The highest BCUT2D eigenvalue weighted by Crippen LogP contribution is 2.36.